The molecule has 192 valence electrons. The highest BCUT2D eigenvalue weighted by Crippen LogP contribution is 2.46. The number of fused-ring (bicyclic) bond motifs is 4. The number of ether oxygens (including phenoxy) is 2. The van der Waals surface area contributed by atoms with Gasteiger partial charge in [0, 0.05) is 30.6 Å². The molecule has 3 amide bonds. The Kier molecular flexibility index (Phi) is 6.46. The minimum Gasteiger partial charge on any atom is -0.497 e. The molecule has 0 radical (unpaired) electrons. The van der Waals surface area contributed by atoms with Gasteiger partial charge in [-0.25, -0.2) is 4.79 Å². The highest BCUT2D eigenvalue weighted by atomic mass is 32.2. The van der Waals surface area contributed by atoms with E-state index in [-0.39, 0.29) is 23.8 Å². The van der Waals surface area contributed by atoms with E-state index in [4.69, 9.17) is 15.2 Å². The standard InChI is InChI=1S/C25H30N4O6S/c1-34-18-4-2-16(3-5-18)13-35-23(32)20-17(14-36-22-19(27-15-30)21(31)28(20)22)12-29-9-6-25(7-10-29,8-11-29)24(26)33/h2-5,15,19,22H,6-14H2,1H3,(H2-,26,27,30,33)/p+1/t19-,22-,25?,29?/m1/s1. The summed E-state index contributed by atoms with van der Waals surface area (Å²) in [7, 11) is 1.59. The molecule has 4 saturated heterocycles. The van der Waals surface area contributed by atoms with E-state index in [2.05, 4.69) is 5.32 Å². The fraction of sp³-hybridized carbons (Fsp3) is 0.520. The van der Waals surface area contributed by atoms with Crippen molar-refractivity contribution in [1.29, 1.82) is 0 Å². The van der Waals surface area contributed by atoms with Gasteiger partial charge in [-0.3, -0.25) is 19.3 Å². The maximum Gasteiger partial charge on any atom is 0.355 e. The molecular weight excluding hydrogens is 484 g/mol. The van der Waals surface area contributed by atoms with Crippen molar-refractivity contribution in [3.8, 4) is 5.75 Å². The van der Waals surface area contributed by atoms with Gasteiger partial charge >= 0.3 is 5.97 Å². The number of carbonyl (C=O) groups is 4. The SMILES string of the molecule is COc1ccc(COC(=O)C2=C(C[N+]34CCC(C(N)=O)(CC3)CC4)CS[C@@H]3[C@H](NC=O)C(=O)N23)cc1. The van der Waals surface area contributed by atoms with Crippen molar-refractivity contribution >= 4 is 36.0 Å². The maximum atomic E-state index is 13.4. The number of amides is 3. The topological polar surface area (TPSA) is 128 Å². The van der Waals surface area contributed by atoms with E-state index in [1.165, 1.54) is 4.90 Å². The number of hydrogen-bond donors (Lipinski definition) is 2. The average molecular weight is 516 g/mol. The molecule has 5 aliphatic heterocycles. The molecule has 10 nitrogen and oxygen atoms in total. The third-order valence-electron chi connectivity index (χ3n) is 8.26. The number of quaternary nitrogens is 1. The van der Waals surface area contributed by atoms with Crippen LogP contribution in [-0.4, -0.2) is 84.0 Å². The van der Waals surface area contributed by atoms with E-state index in [1.807, 2.05) is 12.1 Å². The number of nitrogens with one attached hydrogen (secondary N) is 1. The fourth-order valence-electron chi connectivity index (χ4n) is 5.90. The maximum absolute atomic E-state index is 13.4. The van der Waals surface area contributed by atoms with Crippen molar-refractivity contribution in [3.63, 3.8) is 0 Å². The zero-order valence-electron chi connectivity index (χ0n) is 20.2. The van der Waals surface area contributed by atoms with Crippen molar-refractivity contribution in [1.82, 2.24) is 10.2 Å². The van der Waals surface area contributed by atoms with Gasteiger partial charge in [-0.2, -0.15) is 0 Å². The van der Waals surface area contributed by atoms with Crippen LogP contribution in [0.1, 0.15) is 24.8 Å². The van der Waals surface area contributed by atoms with Gasteiger partial charge in [0.25, 0.3) is 5.91 Å². The van der Waals surface area contributed by atoms with Crippen molar-refractivity contribution in [2.75, 3.05) is 39.0 Å². The summed E-state index contributed by atoms with van der Waals surface area (Å²) in [5.74, 6) is 0.220. The van der Waals surface area contributed by atoms with Gasteiger partial charge in [-0.15, -0.1) is 11.8 Å². The molecule has 5 heterocycles. The van der Waals surface area contributed by atoms with Crippen LogP contribution in [0.5, 0.6) is 5.75 Å². The molecule has 1 aromatic rings. The molecule has 1 aromatic carbocycles. The van der Waals surface area contributed by atoms with Crippen LogP contribution < -0.4 is 15.8 Å². The van der Waals surface area contributed by atoms with Crippen molar-refractivity contribution in [3.05, 3.63) is 41.1 Å². The number of rotatable bonds is 9. The first-order chi connectivity index (χ1) is 17.3. The molecule has 4 fully saturated rings. The van der Waals surface area contributed by atoms with Crippen LogP contribution in [0.25, 0.3) is 0 Å². The second-order valence-corrected chi connectivity index (χ2v) is 11.2. The number of methoxy groups -OCH3 is 1. The molecule has 0 saturated carbocycles. The van der Waals surface area contributed by atoms with Gasteiger partial charge in [-0.1, -0.05) is 12.1 Å². The molecule has 0 aromatic heterocycles. The van der Waals surface area contributed by atoms with Gasteiger partial charge in [0.05, 0.1) is 32.2 Å². The summed E-state index contributed by atoms with van der Waals surface area (Å²) in [5, 5.41) is 2.24. The molecule has 2 atom stereocenters. The normalized spacial score (nSPS) is 30.8. The summed E-state index contributed by atoms with van der Waals surface area (Å²) < 4.78 is 11.6. The Morgan fingerprint density at radius 1 is 1.22 bits per heavy atom. The third kappa shape index (κ3) is 4.13. The minimum atomic E-state index is -0.647. The predicted octanol–water partition coefficient (Wildman–Crippen LogP) is 0.508. The Bertz CT molecular complexity index is 1100. The molecule has 2 bridgehead atoms. The van der Waals surface area contributed by atoms with Crippen LogP contribution in [0, 0.1) is 5.41 Å². The Labute approximate surface area is 213 Å². The first-order valence-electron chi connectivity index (χ1n) is 12.1. The van der Waals surface area contributed by atoms with Gasteiger partial charge < -0.3 is 25.0 Å². The highest BCUT2D eigenvalue weighted by Gasteiger charge is 2.56. The molecule has 0 unspecified atom stereocenters. The van der Waals surface area contributed by atoms with E-state index >= 15 is 0 Å². The highest BCUT2D eigenvalue weighted by molar-refractivity contribution is 8.00. The number of esters is 1. The lowest BCUT2D eigenvalue weighted by atomic mass is 9.70. The second kappa shape index (κ2) is 9.44. The quantitative estimate of drug-likeness (QED) is 0.212. The number of carbonyl (C=O) groups excluding carboxylic acids is 4. The van der Waals surface area contributed by atoms with E-state index in [0.29, 0.717) is 30.2 Å². The summed E-state index contributed by atoms with van der Waals surface area (Å²) in [6.07, 6.45) is 2.76. The van der Waals surface area contributed by atoms with Gasteiger partial charge in [-0.05, 0) is 17.7 Å². The van der Waals surface area contributed by atoms with E-state index in [0.717, 1.165) is 54.5 Å². The number of primary amides is 1. The van der Waals surface area contributed by atoms with Crippen LogP contribution in [0.3, 0.4) is 0 Å². The van der Waals surface area contributed by atoms with Crippen molar-refractivity contribution < 1.29 is 33.1 Å². The summed E-state index contributed by atoms with van der Waals surface area (Å²) in [4.78, 5) is 50.9. The molecule has 3 N–H and O–H groups in total. The van der Waals surface area contributed by atoms with Crippen LogP contribution in [0.2, 0.25) is 0 Å². The second-order valence-electron chi connectivity index (χ2n) is 10.1. The molecule has 36 heavy (non-hydrogen) atoms. The van der Waals surface area contributed by atoms with E-state index in [9.17, 15) is 19.2 Å². The zero-order chi connectivity index (χ0) is 25.5. The summed E-state index contributed by atoms with van der Waals surface area (Å²) in [5.41, 5.74) is 7.30. The molecule has 11 heteroatoms. The third-order valence-corrected chi connectivity index (χ3v) is 9.60. The number of β-lactam (4-membered cyclic amide) rings is 1. The first-order valence-corrected chi connectivity index (χ1v) is 13.2. The van der Waals surface area contributed by atoms with E-state index in [1.54, 1.807) is 31.0 Å². The Hall–Kier alpha value is -3.05. The fourth-order valence-corrected chi connectivity index (χ4v) is 7.25. The van der Waals surface area contributed by atoms with Crippen molar-refractivity contribution in [2.45, 2.75) is 37.3 Å². The monoisotopic (exact) mass is 515 g/mol. The lowest BCUT2D eigenvalue weighted by molar-refractivity contribution is -0.940. The van der Waals surface area contributed by atoms with Crippen LogP contribution in [-0.2, 0) is 30.5 Å². The molecule has 0 aliphatic carbocycles. The Balaban J connectivity index is 1.38. The summed E-state index contributed by atoms with van der Waals surface area (Å²) in [6.45, 7) is 3.14. The first kappa shape index (κ1) is 24.6. The van der Waals surface area contributed by atoms with Gasteiger partial charge in [0.1, 0.15) is 36.0 Å². The summed E-state index contributed by atoms with van der Waals surface area (Å²) in [6, 6.07) is 6.59. The average Bonchev–Trinajstić information content (AvgIpc) is 2.91. The minimum absolute atomic E-state index is 0.0661. The van der Waals surface area contributed by atoms with Gasteiger partial charge in [0.15, 0.2) is 0 Å². The summed E-state index contributed by atoms with van der Waals surface area (Å²) >= 11 is 1.55. The Morgan fingerprint density at radius 2 is 1.89 bits per heavy atom. The smallest absolute Gasteiger partial charge is 0.355 e. The number of hydrogen-bond acceptors (Lipinski definition) is 7. The van der Waals surface area contributed by atoms with Crippen molar-refractivity contribution in [2.24, 2.45) is 11.1 Å². The van der Waals surface area contributed by atoms with E-state index < -0.39 is 17.4 Å². The molecular formula is C25H31N4O6S+. The van der Waals surface area contributed by atoms with Crippen LogP contribution in [0.15, 0.2) is 35.5 Å². The van der Waals surface area contributed by atoms with Gasteiger partial charge in [0.2, 0.25) is 12.3 Å². The van der Waals surface area contributed by atoms with Crippen LogP contribution in [0.4, 0.5) is 0 Å². The largest absolute Gasteiger partial charge is 0.497 e. The molecule has 5 aliphatic rings. The lowest BCUT2D eigenvalue weighted by Crippen LogP contribution is -2.70. The number of thioether (sulfide) groups is 1. The number of benzene rings is 1. The number of nitrogens with zero attached hydrogens (tertiary/aromatic N) is 2. The molecule has 6 rings (SSSR count). The Morgan fingerprint density at radius 3 is 2.47 bits per heavy atom. The zero-order valence-corrected chi connectivity index (χ0v) is 21.1. The predicted molar refractivity (Wildman–Crippen MR) is 131 cm³/mol. The number of piperidine rings is 3. The lowest BCUT2D eigenvalue weighted by Gasteiger charge is -2.55. The molecule has 0 spiro atoms. The van der Waals surface area contributed by atoms with Crippen LogP contribution >= 0.6 is 11.8 Å². The number of nitrogens with two attached hydrogens (primary N) is 1.